The SMILES string of the molecule is CC(C)[C@@H]1NC(=O)[C@@H](Cc2ccccc2)NC(=O)[C@@H](CC(=O)O)NC(=O)CNC(=O)[C@H](CCCN=C(N)N)NC1=O. The second-order valence-corrected chi connectivity index (χ2v) is 9.93. The fourth-order valence-corrected chi connectivity index (χ4v) is 4.07. The lowest BCUT2D eigenvalue weighted by molar-refractivity contribution is -0.141. The third kappa shape index (κ3) is 11.1. The summed E-state index contributed by atoms with van der Waals surface area (Å²) in [5, 5.41) is 21.8. The maximum absolute atomic E-state index is 13.4. The maximum atomic E-state index is 13.4. The highest BCUT2D eigenvalue weighted by atomic mass is 16.4. The van der Waals surface area contributed by atoms with Crippen LogP contribution in [0.5, 0.6) is 0 Å². The predicted molar refractivity (Wildman–Crippen MR) is 148 cm³/mol. The van der Waals surface area contributed by atoms with E-state index in [0.717, 1.165) is 0 Å². The van der Waals surface area contributed by atoms with Crippen LogP contribution in [0.2, 0.25) is 0 Å². The summed E-state index contributed by atoms with van der Waals surface area (Å²) in [4.78, 5) is 80.7. The number of guanidine groups is 1. The number of aliphatic imine (C=N–C) groups is 1. The van der Waals surface area contributed by atoms with Gasteiger partial charge in [-0.1, -0.05) is 44.2 Å². The van der Waals surface area contributed by atoms with Crippen molar-refractivity contribution in [3.63, 3.8) is 0 Å². The molecule has 0 aromatic heterocycles. The van der Waals surface area contributed by atoms with E-state index in [2.05, 4.69) is 31.6 Å². The molecule has 1 saturated heterocycles. The van der Waals surface area contributed by atoms with Gasteiger partial charge in [0.25, 0.3) is 0 Å². The molecule has 15 heteroatoms. The van der Waals surface area contributed by atoms with Gasteiger partial charge in [-0.2, -0.15) is 0 Å². The molecule has 0 bridgehead atoms. The number of carboxylic acid groups (broad SMARTS) is 1. The Morgan fingerprint density at radius 1 is 0.902 bits per heavy atom. The highest BCUT2D eigenvalue weighted by molar-refractivity contribution is 5.98. The summed E-state index contributed by atoms with van der Waals surface area (Å²) in [6.07, 6.45) is -0.341. The van der Waals surface area contributed by atoms with Crippen molar-refractivity contribution in [1.82, 2.24) is 26.6 Å². The van der Waals surface area contributed by atoms with Crippen LogP contribution in [0, 0.1) is 5.92 Å². The fourth-order valence-electron chi connectivity index (χ4n) is 4.07. The first-order valence-corrected chi connectivity index (χ1v) is 13.2. The van der Waals surface area contributed by atoms with Crippen LogP contribution in [-0.2, 0) is 35.2 Å². The third-order valence-electron chi connectivity index (χ3n) is 6.19. The molecule has 1 aromatic carbocycles. The van der Waals surface area contributed by atoms with Crippen molar-refractivity contribution in [2.75, 3.05) is 13.1 Å². The first-order chi connectivity index (χ1) is 19.4. The van der Waals surface area contributed by atoms with E-state index in [1.807, 2.05) is 0 Å². The van der Waals surface area contributed by atoms with Crippen molar-refractivity contribution in [3.8, 4) is 0 Å². The summed E-state index contributed by atoms with van der Waals surface area (Å²) >= 11 is 0. The van der Waals surface area contributed by atoms with Gasteiger partial charge in [-0.3, -0.25) is 33.8 Å². The molecule has 224 valence electrons. The van der Waals surface area contributed by atoms with Gasteiger partial charge >= 0.3 is 5.97 Å². The number of benzene rings is 1. The number of carbonyl (C=O) groups excluding carboxylic acids is 5. The number of hydrogen-bond donors (Lipinski definition) is 8. The van der Waals surface area contributed by atoms with Gasteiger partial charge in [0.05, 0.1) is 13.0 Å². The van der Waals surface area contributed by atoms with Crippen LogP contribution in [0.15, 0.2) is 35.3 Å². The Morgan fingerprint density at radius 2 is 1.54 bits per heavy atom. The number of amides is 5. The molecule has 0 aliphatic carbocycles. The van der Waals surface area contributed by atoms with E-state index in [9.17, 15) is 33.9 Å². The summed E-state index contributed by atoms with van der Waals surface area (Å²) in [5.41, 5.74) is 11.4. The summed E-state index contributed by atoms with van der Waals surface area (Å²) in [5.74, 6) is -5.75. The van der Waals surface area contributed by atoms with Gasteiger partial charge in [0.15, 0.2) is 5.96 Å². The van der Waals surface area contributed by atoms with Crippen molar-refractivity contribution >= 4 is 41.5 Å². The lowest BCUT2D eigenvalue weighted by Gasteiger charge is -2.27. The van der Waals surface area contributed by atoms with Gasteiger partial charge in [0.2, 0.25) is 29.5 Å². The smallest absolute Gasteiger partial charge is 0.305 e. The molecular formula is C26H38N8O7. The number of rotatable bonds is 9. The highest BCUT2D eigenvalue weighted by Crippen LogP contribution is 2.09. The number of nitrogens with one attached hydrogen (secondary N) is 5. The number of carboxylic acids is 1. The molecule has 1 fully saturated rings. The minimum absolute atomic E-state index is 0.0199. The zero-order valence-corrected chi connectivity index (χ0v) is 23.0. The van der Waals surface area contributed by atoms with E-state index in [1.165, 1.54) is 0 Å². The van der Waals surface area contributed by atoms with E-state index >= 15 is 0 Å². The van der Waals surface area contributed by atoms with E-state index in [-0.39, 0.29) is 25.3 Å². The lowest BCUT2D eigenvalue weighted by Crippen LogP contribution is -2.59. The molecule has 1 heterocycles. The Kier molecular flexibility index (Phi) is 12.5. The minimum atomic E-state index is -1.54. The quantitative estimate of drug-likeness (QED) is 0.0879. The fraction of sp³-hybridized carbons (Fsp3) is 0.500. The van der Waals surface area contributed by atoms with Gasteiger partial charge in [0.1, 0.15) is 24.2 Å². The molecule has 41 heavy (non-hydrogen) atoms. The van der Waals surface area contributed by atoms with Crippen molar-refractivity contribution in [3.05, 3.63) is 35.9 Å². The Balaban J connectivity index is 2.43. The van der Waals surface area contributed by atoms with Gasteiger partial charge in [0, 0.05) is 13.0 Å². The molecule has 0 unspecified atom stereocenters. The average Bonchev–Trinajstić information content (AvgIpc) is 2.90. The molecular weight excluding hydrogens is 536 g/mol. The Hall–Kier alpha value is -4.69. The zero-order chi connectivity index (χ0) is 30.5. The molecule has 0 spiro atoms. The highest BCUT2D eigenvalue weighted by Gasteiger charge is 2.34. The van der Waals surface area contributed by atoms with Crippen molar-refractivity contribution in [1.29, 1.82) is 0 Å². The molecule has 2 rings (SSSR count). The van der Waals surface area contributed by atoms with Crippen LogP contribution in [0.4, 0.5) is 0 Å². The number of nitrogens with two attached hydrogens (primary N) is 2. The van der Waals surface area contributed by atoms with Crippen molar-refractivity contribution in [2.45, 2.75) is 63.7 Å². The first-order valence-electron chi connectivity index (χ1n) is 13.2. The molecule has 0 saturated carbocycles. The van der Waals surface area contributed by atoms with Crippen LogP contribution in [0.1, 0.15) is 38.7 Å². The summed E-state index contributed by atoms with van der Waals surface area (Å²) in [7, 11) is 0. The number of carbonyl (C=O) groups is 6. The largest absolute Gasteiger partial charge is 0.481 e. The monoisotopic (exact) mass is 574 g/mol. The Bertz CT molecular complexity index is 1140. The van der Waals surface area contributed by atoms with E-state index in [1.54, 1.807) is 44.2 Å². The molecule has 1 aliphatic rings. The standard InChI is InChI=1S/C26H38N8O7/c1-14(2)21-25(41)32-16(9-6-10-29-26(27)28)22(38)30-13-19(35)31-18(12-20(36)37)23(39)33-17(24(40)34-21)11-15-7-4-3-5-8-15/h3-5,7-8,14,16-18,21H,6,9-13H2,1-2H3,(H,30,38)(H,31,35)(H,32,41)(H,33,39)(H,34,40)(H,36,37)(H4,27,28,29)/t16-,17+,18+,21-/m0/s1. The van der Waals surface area contributed by atoms with Crippen LogP contribution in [0.25, 0.3) is 0 Å². The third-order valence-corrected chi connectivity index (χ3v) is 6.19. The lowest BCUT2D eigenvalue weighted by atomic mass is 10.00. The molecule has 1 aromatic rings. The molecule has 5 amide bonds. The summed E-state index contributed by atoms with van der Waals surface area (Å²) in [6, 6.07) is 3.79. The molecule has 15 nitrogen and oxygen atoms in total. The van der Waals surface area contributed by atoms with Crippen LogP contribution >= 0.6 is 0 Å². The van der Waals surface area contributed by atoms with Crippen molar-refractivity contribution in [2.24, 2.45) is 22.4 Å². The summed E-state index contributed by atoms with van der Waals surface area (Å²) < 4.78 is 0. The predicted octanol–water partition coefficient (Wildman–Crippen LogP) is -2.52. The Morgan fingerprint density at radius 3 is 2.15 bits per heavy atom. The zero-order valence-electron chi connectivity index (χ0n) is 23.0. The molecule has 10 N–H and O–H groups in total. The van der Waals surface area contributed by atoms with Crippen LogP contribution in [0.3, 0.4) is 0 Å². The molecule has 0 radical (unpaired) electrons. The van der Waals surface area contributed by atoms with Crippen LogP contribution < -0.4 is 38.1 Å². The van der Waals surface area contributed by atoms with Gasteiger partial charge in [-0.25, -0.2) is 0 Å². The minimum Gasteiger partial charge on any atom is -0.481 e. The van der Waals surface area contributed by atoms with E-state index < -0.39 is 78.6 Å². The van der Waals surface area contributed by atoms with Gasteiger partial charge in [-0.05, 0) is 24.3 Å². The van der Waals surface area contributed by atoms with Crippen molar-refractivity contribution < 1.29 is 33.9 Å². The molecule has 4 atom stereocenters. The normalized spacial score (nSPS) is 22.7. The number of hydrogen-bond acceptors (Lipinski definition) is 7. The molecule has 1 aliphatic heterocycles. The average molecular weight is 575 g/mol. The first kappa shape index (κ1) is 32.5. The second kappa shape index (κ2) is 15.8. The topological polar surface area (TPSA) is 247 Å². The number of aliphatic carboxylic acids is 1. The Labute approximate surface area is 237 Å². The van der Waals surface area contributed by atoms with Gasteiger partial charge in [-0.15, -0.1) is 0 Å². The number of nitrogens with zero attached hydrogens (tertiary/aromatic N) is 1. The summed E-state index contributed by atoms with van der Waals surface area (Å²) in [6.45, 7) is 2.98. The second-order valence-electron chi connectivity index (χ2n) is 9.93. The van der Waals surface area contributed by atoms with Crippen LogP contribution in [-0.4, -0.2) is 83.8 Å². The van der Waals surface area contributed by atoms with Gasteiger partial charge < -0.3 is 43.2 Å². The maximum Gasteiger partial charge on any atom is 0.305 e. The van der Waals surface area contributed by atoms with E-state index in [4.69, 9.17) is 11.5 Å². The van der Waals surface area contributed by atoms with E-state index in [0.29, 0.717) is 12.0 Å².